The molecule has 2 fully saturated rings. The highest BCUT2D eigenvalue weighted by atomic mass is 16.5. The maximum absolute atomic E-state index is 11.7. The molecule has 17 heavy (non-hydrogen) atoms. The molecule has 98 valence electrons. The first kappa shape index (κ1) is 12.8. The lowest BCUT2D eigenvalue weighted by atomic mass is 10.3. The Bertz CT molecular complexity index is 247. The molecule has 0 heterocycles. The molecule has 4 heteroatoms. The molecule has 2 rings (SSSR count). The van der Waals surface area contributed by atoms with Crippen molar-refractivity contribution in [1.29, 1.82) is 0 Å². The number of esters is 1. The molecule has 0 spiro atoms. The molecule has 0 saturated heterocycles. The number of carbonyl (C=O) groups excluding carboxylic acids is 1. The second-order valence-corrected chi connectivity index (χ2v) is 4.99. The van der Waals surface area contributed by atoms with Crippen molar-refractivity contribution in [2.75, 3.05) is 13.2 Å². The maximum atomic E-state index is 11.7. The fourth-order valence-corrected chi connectivity index (χ4v) is 2.25. The Morgan fingerprint density at radius 3 is 2.59 bits per heavy atom. The number of ether oxygens (including phenoxy) is 2. The summed E-state index contributed by atoms with van der Waals surface area (Å²) in [4.78, 5) is 11.7. The molecule has 2 aliphatic carbocycles. The highest BCUT2D eigenvalue weighted by Crippen LogP contribution is 2.22. The van der Waals surface area contributed by atoms with E-state index in [-0.39, 0.29) is 12.0 Å². The summed E-state index contributed by atoms with van der Waals surface area (Å²) in [6.07, 6.45) is 7.47. The molecular weight excluding hydrogens is 218 g/mol. The summed E-state index contributed by atoms with van der Waals surface area (Å²) in [5.41, 5.74) is 0. The maximum Gasteiger partial charge on any atom is 0.325 e. The van der Waals surface area contributed by atoms with E-state index in [1.165, 1.54) is 25.7 Å². The van der Waals surface area contributed by atoms with Crippen molar-refractivity contribution in [3.05, 3.63) is 0 Å². The molecule has 0 aliphatic heterocycles. The van der Waals surface area contributed by atoms with Crippen molar-refractivity contribution in [3.8, 4) is 0 Å². The van der Waals surface area contributed by atoms with Gasteiger partial charge in [-0.2, -0.15) is 0 Å². The van der Waals surface area contributed by atoms with Crippen LogP contribution in [0.15, 0.2) is 0 Å². The highest BCUT2D eigenvalue weighted by Gasteiger charge is 2.30. The van der Waals surface area contributed by atoms with Crippen LogP contribution in [-0.2, 0) is 14.3 Å². The van der Waals surface area contributed by atoms with Gasteiger partial charge in [-0.05, 0) is 32.6 Å². The average Bonchev–Trinajstić information content (AvgIpc) is 2.98. The fraction of sp³-hybridized carbons (Fsp3) is 0.923. The van der Waals surface area contributed by atoms with E-state index in [0.717, 1.165) is 12.8 Å². The lowest BCUT2D eigenvalue weighted by molar-refractivity contribution is -0.148. The summed E-state index contributed by atoms with van der Waals surface area (Å²) in [6.45, 7) is 2.73. The van der Waals surface area contributed by atoms with E-state index in [9.17, 15) is 4.79 Å². The van der Waals surface area contributed by atoms with Crippen molar-refractivity contribution in [2.45, 2.75) is 63.6 Å². The molecule has 0 aromatic rings. The zero-order valence-electron chi connectivity index (χ0n) is 10.6. The summed E-state index contributed by atoms with van der Waals surface area (Å²) in [5, 5.41) is 3.30. The number of hydrogen-bond acceptors (Lipinski definition) is 4. The predicted octanol–water partition coefficient (Wildman–Crippen LogP) is 1.63. The molecule has 2 saturated carbocycles. The molecule has 0 aromatic heterocycles. The van der Waals surface area contributed by atoms with Crippen LogP contribution in [0.4, 0.5) is 0 Å². The summed E-state index contributed by atoms with van der Waals surface area (Å²) in [5.74, 6) is -0.169. The molecule has 1 unspecified atom stereocenters. The number of hydrogen-bond donors (Lipinski definition) is 1. The third kappa shape index (κ3) is 4.28. The van der Waals surface area contributed by atoms with Gasteiger partial charge in [-0.3, -0.25) is 10.1 Å². The van der Waals surface area contributed by atoms with E-state index in [2.05, 4.69) is 5.32 Å². The van der Waals surface area contributed by atoms with Gasteiger partial charge in [-0.25, -0.2) is 0 Å². The Balaban J connectivity index is 1.74. The Kier molecular flexibility index (Phi) is 4.80. The minimum Gasteiger partial charge on any atom is -0.465 e. The second kappa shape index (κ2) is 6.36. The number of nitrogens with one attached hydrogen (secondary N) is 1. The Morgan fingerprint density at radius 1 is 1.29 bits per heavy atom. The lowest BCUT2D eigenvalue weighted by Gasteiger charge is -2.19. The molecule has 0 radical (unpaired) electrons. The molecule has 2 aliphatic rings. The smallest absolute Gasteiger partial charge is 0.325 e. The zero-order chi connectivity index (χ0) is 12.1. The zero-order valence-corrected chi connectivity index (χ0v) is 10.6. The quantitative estimate of drug-likeness (QED) is 0.688. The number of rotatable bonds is 7. The fourth-order valence-electron chi connectivity index (χ4n) is 2.25. The van der Waals surface area contributed by atoms with Crippen LogP contribution in [0, 0.1) is 0 Å². The summed E-state index contributed by atoms with van der Waals surface area (Å²) < 4.78 is 10.9. The Labute approximate surface area is 103 Å². The van der Waals surface area contributed by atoms with Gasteiger partial charge in [-0.15, -0.1) is 0 Å². The van der Waals surface area contributed by atoms with Gasteiger partial charge in [0.1, 0.15) is 6.04 Å². The molecule has 1 atom stereocenters. The monoisotopic (exact) mass is 241 g/mol. The van der Waals surface area contributed by atoms with Crippen molar-refractivity contribution in [2.24, 2.45) is 0 Å². The van der Waals surface area contributed by atoms with Crippen LogP contribution in [0.3, 0.4) is 0 Å². The van der Waals surface area contributed by atoms with Gasteiger partial charge >= 0.3 is 5.97 Å². The van der Waals surface area contributed by atoms with Crippen molar-refractivity contribution < 1.29 is 14.3 Å². The molecular formula is C13H23NO3. The van der Waals surface area contributed by atoms with Crippen LogP contribution in [0.5, 0.6) is 0 Å². The van der Waals surface area contributed by atoms with Crippen LogP contribution in [-0.4, -0.2) is 37.4 Å². The summed E-state index contributed by atoms with van der Waals surface area (Å²) in [7, 11) is 0. The topological polar surface area (TPSA) is 47.6 Å². The third-order valence-electron chi connectivity index (χ3n) is 3.39. The largest absolute Gasteiger partial charge is 0.465 e. The Morgan fingerprint density at radius 2 is 2.00 bits per heavy atom. The first-order chi connectivity index (χ1) is 8.29. The van der Waals surface area contributed by atoms with E-state index in [1.54, 1.807) is 0 Å². The first-order valence-corrected chi connectivity index (χ1v) is 6.84. The minimum atomic E-state index is -0.275. The standard InChI is InChI=1S/C13H23NO3/c1-2-16-13(15)12(14-10-7-8-10)9-17-11-5-3-4-6-11/h10-12,14H,2-9H2,1H3. The summed E-state index contributed by atoms with van der Waals surface area (Å²) >= 11 is 0. The molecule has 0 aromatic carbocycles. The second-order valence-electron chi connectivity index (χ2n) is 4.99. The van der Waals surface area contributed by atoms with Crippen molar-refractivity contribution in [3.63, 3.8) is 0 Å². The Hall–Kier alpha value is -0.610. The van der Waals surface area contributed by atoms with Gasteiger partial charge in [0.25, 0.3) is 0 Å². The van der Waals surface area contributed by atoms with Gasteiger partial charge in [-0.1, -0.05) is 12.8 Å². The predicted molar refractivity (Wildman–Crippen MR) is 64.8 cm³/mol. The molecule has 0 amide bonds. The minimum absolute atomic E-state index is 0.169. The van der Waals surface area contributed by atoms with Crippen LogP contribution in [0.1, 0.15) is 45.4 Å². The van der Waals surface area contributed by atoms with E-state index in [0.29, 0.717) is 25.4 Å². The normalized spacial score (nSPS) is 22.6. The lowest BCUT2D eigenvalue weighted by Crippen LogP contribution is -2.43. The van der Waals surface area contributed by atoms with E-state index in [4.69, 9.17) is 9.47 Å². The van der Waals surface area contributed by atoms with E-state index in [1.807, 2.05) is 6.92 Å². The van der Waals surface area contributed by atoms with Crippen LogP contribution in [0.2, 0.25) is 0 Å². The average molecular weight is 241 g/mol. The van der Waals surface area contributed by atoms with E-state index >= 15 is 0 Å². The molecule has 4 nitrogen and oxygen atoms in total. The van der Waals surface area contributed by atoms with Gasteiger partial charge in [0.05, 0.1) is 19.3 Å². The van der Waals surface area contributed by atoms with Gasteiger partial charge in [0.15, 0.2) is 0 Å². The first-order valence-electron chi connectivity index (χ1n) is 6.84. The molecule has 0 bridgehead atoms. The van der Waals surface area contributed by atoms with Crippen molar-refractivity contribution >= 4 is 5.97 Å². The van der Waals surface area contributed by atoms with Gasteiger partial charge in [0.2, 0.25) is 0 Å². The SMILES string of the molecule is CCOC(=O)C(COC1CCCC1)NC1CC1. The van der Waals surface area contributed by atoms with Gasteiger partial charge in [0, 0.05) is 6.04 Å². The van der Waals surface area contributed by atoms with Crippen LogP contribution >= 0.6 is 0 Å². The van der Waals surface area contributed by atoms with Crippen LogP contribution < -0.4 is 5.32 Å². The van der Waals surface area contributed by atoms with Crippen LogP contribution in [0.25, 0.3) is 0 Å². The van der Waals surface area contributed by atoms with Gasteiger partial charge < -0.3 is 9.47 Å². The third-order valence-corrected chi connectivity index (χ3v) is 3.39. The van der Waals surface area contributed by atoms with E-state index < -0.39 is 0 Å². The number of carbonyl (C=O) groups is 1. The highest BCUT2D eigenvalue weighted by molar-refractivity contribution is 5.76. The molecule has 1 N–H and O–H groups in total. The van der Waals surface area contributed by atoms with Crippen molar-refractivity contribution in [1.82, 2.24) is 5.32 Å². The summed E-state index contributed by atoms with van der Waals surface area (Å²) in [6, 6.07) is 0.222.